The Morgan fingerprint density at radius 1 is 1.31 bits per heavy atom. The molecule has 1 fully saturated rings. The average Bonchev–Trinajstić information content (AvgIpc) is 3.33. The van der Waals surface area contributed by atoms with Crippen LogP contribution in [-0.2, 0) is 0 Å². The zero-order chi connectivity index (χ0) is 18.1. The molecule has 4 rings (SSSR count). The van der Waals surface area contributed by atoms with Crippen LogP contribution in [0.4, 0.5) is 0 Å². The molecule has 1 aliphatic heterocycles. The molecule has 1 aliphatic rings. The number of rotatable bonds is 3. The van der Waals surface area contributed by atoms with Gasteiger partial charge in [0.2, 0.25) is 0 Å². The van der Waals surface area contributed by atoms with Gasteiger partial charge in [0.15, 0.2) is 5.82 Å². The Morgan fingerprint density at radius 3 is 2.88 bits per heavy atom. The number of carbonyl (C=O) groups is 1. The number of hydrogen-bond donors (Lipinski definition) is 2. The van der Waals surface area contributed by atoms with Crippen molar-refractivity contribution >= 4 is 5.91 Å². The Bertz CT molecular complexity index is 972. The molecule has 2 aromatic heterocycles. The van der Waals surface area contributed by atoms with Crippen molar-refractivity contribution in [2.24, 2.45) is 0 Å². The number of benzene rings is 1. The van der Waals surface area contributed by atoms with Crippen LogP contribution in [0.2, 0.25) is 0 Å². The van der Waals surface area contributed by atoms with Crippen LogP contribution in [0.5, 0.6) is 0 Å². The number of piperidine rings is 1. The molecule has 0 spiro atoms. The molecule has 1 atom stereocenters. The van der Waals surface area contributed by atoms with E-state index < -0.39 is 0 Å². The van der Waals surface area contributed by atoms with E-state index >= 15 is 0 Å². The fraction of sp³-hybridized carbons (Fsp3) is 0.333. The van der Waals surface area contributed by atoms with Gasteiger partial charge in [0, 0.05) is 24.5 Å². The first-order valence-corrected chi connectivity index (χ1v) is 8.70. The second-order valence-corrected chi connectivity index (χ2v) is 6.52. The molecule has 1 amide bonds. The molecule has 3 aromatic rings. The van der Waals surface area contributed by atoms with Gasteiger partial charge in [0.05, 0.1) is 11.7 Å². The second kappa shape index (κ2) is 6.62. The van der Waals surface area contributed by atoms with Crippen molar-refractivity contribution in [2.45, 2.75) is 32.2 Å². The Hall–Kier alpha value is -3.16. The summed E-state index contributed by atoms with van der Waals surface area (Å²) < 4.78 is 1.78. The molecule has 2 N–H and O–H groups in total. The van der Waals surface area contributed by atoms with Crippen molar-refractivity contribution in [1.82, 2.24) is 29.9 Å². The fourth-order valence-electron chi connectivity index (χ4n) is 3.52. The predicted molar refractivity (Wildman–Crippen MR) is 95.1 cm³/mol. The summed E-state index contributed by atoms with van der Waals surface area (Å²) in [6.45, 7) is 2.62. The van der Waals surface area contributed by atoms with Gasteiger partial charge in [-0.1, -0.05) is 0 Å². The van der Waals surface area contributed by atoms with Crippen molar-refractivity contribution in [3.63, 3.8) is 0 Å². The minimum Gasteiger partial charge on any atom is -0.328 e. The summed E-state index contributed by atoms with van der Waals surface area (Å²) in [4.78, 5) is 29.0. The van der Waals surface area contributed by atoms with Crippen LogP contribution in [0.15, 0.2) is 41.5 Å². The fourth-order valence-corrected chi connectivity index (χ4v) is 3.52. The van der Waals surface area contributed by atoms with E-state index in [0.29, 0.717) is 17.9 Å². The van der Waals surface area contributed by atoms with Crippen molar-refractivity contribution in [3.05, 3.63) is 64.1 Å². The smallest absolute Gasteiger partial charge is 0.328 e. The van der Waals surface area contributed by atoms with Gasteiger partial charge in [-0.15, -0.1) is 0 Å². The van der Waals surface area contributed by atoms with Crippen molar-refractivity contribution < 1.29 is 4.79 Å². The van der Waals surface area contributed by atoms with Crippen LogP contribution in [0.1, 0.15) is 47.1 Å². The molecule has 8 heteroatoms. The highest BCUT2D eigenvalue weighted by molar-refractivity contribution is 5.95. The van der Waals surface area contributed by atoms with E-state index in [1.54, 1.807) is 15.8 Å². The number of aromatic amines is 2. The topological polar surface area (TPSA) is 99.7 Å². The third kappa shape index (κ3) is 2.94. The van der Waals surface area contributed by atoms with Gasteiger partial charge >= 0.3 is 5.69 Å². The van der Waals surface area contributed by atoms with Gasteiger partial charge in [-0.25, -0.2) is 14.6 Å². The number of likely N-dealkylation sites (tertiary alicyclic amines) is 1. The third-order valence-corrected chi connectivity index (χ3v) is 4.79. The second-order valence-electron chi connectivity index (χ2n) is 6.52. The third-order valence-electron chi connectivity index (χ3n) is 4.79. The van der Waals surface area contributed by atoms with Gasteiger partial charge in [0.1, 0.15) is 0 Å². The molecule has 1 saturated heterocycles. The summed E-state index contributed by atoms with van der Waals surface area (Å²) in [6.07, 6.45) is 6.33. The van der Waals surface area contributed by atoms with Crippen LogP contribution in [0.3, 0.4) is 0 Å². The molecule has 3 heterocycles. The number of aryl methyl sites for hydroxylation is 1. The van der Waals surface area contributed by atoms with Crippen molar-refractivity contribution in [2.75, 3.05) is 6.54 Å². The van der Waals surface area contributed by atoms with Crippen LogP contribution in [0.25, 0.3) is 5.69 Å². The highest BCUT2D eigenvalue weighted by Gasteiger charge is 2.31. The normalized spacial score (nSPS) is 17.4. The quantitative estimate of drug-likeness (QED) is 0.752. The number of amides is 1. The highest BCUT2D eigenvalue weighted by Crippen LogP contribution is 2.30. The van der Waals surface area contributed by atoms with Crippen LogP contribution in [0, 0.1) is 6.92 Å². The number of nitrogens with zero attached hydrogens (tertiary/aromatic N) is 4. The highest BCUT2D eigenvalue weighted by atomic mass is 16.2. The molecular formula is C18H20N6O2. The number of hydrogen-bond acceptors (Lipinski definition) is 4. The number of carbonyl (C=O) groups excluding carboxylic acids is 1. The van der Waals surface area contributed by atoms with Gasteiger partial charge in [-0.2, -0.15) is 10.2 Å². The predicted octanol–water partition coefficient (Wildman–Crippen LogP) is 1.96. The number of H-pyrrole nitrogens is 2. The van der Waals surface area contributed by atoms with Gasteiger partial charge < -0.3 is 4.90 Å². The summed E-state index contributed by atoms with van der Waals surface area (Å²) >= 11 is 0. The van der Waals surface area contributed by atoms with E-state index in [1.165, 1.54) is 0 Å². The maximum atomic E-state index is 13.1. The Morgan fingerprint density at radius 2 is 2.19 bits per heavy atom. The van der Waals surface area contributed by atoms with E-state index in [-0.39, 0.29) is 17.6 Å². The molecule has 8 nitrogen and oxygen atoms in total. The maximum Gasteiger partial charge on any atom is 0.340 e. The lowest BCUT2D eigenvalue weighted by Crippen LogP contribution is -2.39. The van der Waals surface area contributed by atoms with Crippen LogP contribution < -0.4 is 5.69 Å². The van der Waals surface area contributed by atoms with Gasteiger partial charge in [0.25, 0.3) is 5.91 Å². The van der Waals surface area contributed by atoms with Crippen molar-refractivity contribution in [1.29, 1.82) is 0 Å². The maximum absolute atomic E-state index is 13.1. The first-order chi connectivity index (χ1) is 12.6. The summed E-state index contributed by atoms with van der Waals surface area (Å²) in [5.41, 5.74) is 2.19. The van der Waals surface area contributed by atoms with Gasteiger partial charge in [-0.05, 0) is 56.0 Å². The Labute approximate surface area is 149 Å². The number of nitrogens with one attached hydrogen (secondary N) is 2. The van der Waals surface area contributed by atoms with E-state index in [4.69, 9.17) is 0 Å². The molecule has 26 heavy (non-hydrogen) atoms. The lowest BCUT2D eigenvalue weighted by molar-refractivity contribution is 0.0600. The summed E-state index contributed by atoms with van der Waals surface area (Å²) in [5, 5.41) is 10.7. The zero-order valence-corrected chi connectivity index (χ0v) is 14.5. The summed E-state index contributed by atoms with van der Waals surface area (Å²) in [5.74, 6) is 0.474. The van der Waals surface area contributed by atoms with E-state index in [2.05, 4.69) is 20.3 Å². The SMILES string of the molecule is Cc1cc(C(=O)N2CCCCC2c2n[nH]c(=O)[nH]2)ccc1-n1cccn1. The average molecular weight is 352 g/mol. The van der Waals surface area contributed by atoms with E-state index in [9.17, 15) is 9.59 Å². The summed E-state index contributed by atoms with van der Waals surface area (Å²) in [6, 6.07) is 7.28. The lowest BCUT2D eigenvalue weighted by atomic mass is 9.99. The molecular weight excluding hydrogens is 332 g/mol. The molecule has 1 aromatic carbocycles. The van der Waals surface area contributed by atoms with Crippen LogP contribution >= 0.6 is 0 Å². The van der Waals surface area contributed by atoms with E-state index in [1.807, 2.05) is 37.4 Å². The first kappa shape index (κ1) is 16.3. The first-order valence-electron chi connectivity index (χ1n) is 8.70. The minimum absolute atomic E-state index is 0.0475. The molecule has 0 saturated carbocycles. The molecule has 0 aliphatic carbocycles. The minimum atomic E-state index is -0.350. The molecule has 134 valence electrons. The van der Waals surface area contributed by atoms with Gasteiger partial charge in [-0.3, -0.25) is 9.78 Å². The summed E-state index contributed by atoms with van der Waals surface area (Å²) in [7, 11) is 0. The lowest BCUT2D eigenvalue weighted by Gasteiger charge is -2.34. The number of aromatic nitrogens is 5. The molecule has 0 bridgehead atoms. The largest absolute Gasteiger partial charge is 0.340 e. The Kier molecular flexibility index (Phi) is 4.16. The standard InChI is InChI=1S/C18H20N6O2/c1-12-11-13(6-7-14(12)24-10-4-8-19-24)17(25)23-9-3-2-5-15(23)16-20-18(26)22-21-16/h4,6-8,10-11,15H,2-3,5,9H2,1H3,(H2,20,21,22,26). The zero-order valence-electron chi connectivity index (χ0n) is 14.5. The Balaban J connectivity index is 1.63. The molecule has 1 unspecified atom stereocenters. The van der Waals surface area contributed by atoms with E-state index in [0.717, 1.165) is 30.5 Å². The monoisotopic (exact) mass is 352 g/mol. The molecule has 0 radical (unpaired) electrons. The van der Waals surface area contributed by atoms with Crippen molar-refractivity contribution in [3.8, 4) is 5.69 Å². The van der Waals surface area contributed by atoms with Crippen LogP contribution in [-0.4, -0.2) is 42.3 Å².